The van der Waals surface area contributed by atoms with Gasteiger partial charge in [0.25, 0.3) is 0 Å². The first-order valence-corrected chi connectivity index (χ1v) is 18.9. The zero-order chi connectivity index (χ0) is 24.4. The van der Waals surface area contributed by atoms with Gasteiger partial charge in [-0.25, -0.2) is 12.1 Å². The van der Waals surface area contributed by atoms with Crippen LogP contribution in [-0.4, -0.2) is 22.6 Å². The summed E-state index contributed by atoms with van der Waals surface area (Å²) in [5.74, 6) is 0. The Bertz CT molecular complexity index is 710. The van der Waals surface area contributed by atoms with Gasteiger partial charge in [-0.15, -0.1) is 18.5 Å². The van der Waals surface area contributed by atoms with Crippen molar-refractivity contribution in [3.63, 3.8) is 0 Å². The van der Waals surface area contributed by atoms with Crippen LogP contribution in [0.3, 0.4) is 0 Å². The monoisotopic (exact) mass is 581 g/mol. The Labute approximate surface area is 242 Å². The first-order chi connectivity index (χ1) is 17.9. The molecule has 4 aliphatic carbocycles. The van der Waals surface area contributed by atoms with Crippen molar-refractivity contribution in [1.29, 1.82) is 0 Å². The molecule has 0 atom stereocenters. The van der Waals surface area contributed by atoms with Crippen LogP contribution in [0.15, 0.2) is 48.5 Å². The van der Waals surface area contributed by atoms with E-state index < -0.39 is 0 Å². The molecule has 1 radical (unpaired) electrons. The molecule has 0 saturated heterocycles. The molecule has 4 aliphatic rings. The van der Waals surface area contributed by atoms with E-state index in [0.29, 0.717) is 0 Å². The zero-order valence-corrected chi connectivity index (χ0v) is 26.1. The molecule has 0 amide bonds. The Hall–Kier alpha value is 0.0665. The first-order valence-electron chi connectivity index (χ1n) is 15.9. The summed E-state index contributed by atoms with van der Waals surface area (Å²) in [5, 5.41) is 3.94. The third kappa shape index (κ3) is 8.29. The molecule has 6 rings (SSSR count). The zero-order valence-electron chi connectivity index (χ0n) is 23.3. The van der Waals surface area contributed by atoms with E-state index in [1.54, 1.807) is 51.4 Å². The molecule has 0 spiro atoms. The minimum atomic E-state index is 0. The second-order valence-electron chi connectivity index (χ2n) is 12.2. The van der Waals surface area contributed by atoms with Crippen molar-refractivity contribution >= 4 is 26.5 Å². The van der Waals surface area contributed by atoms with Crippen molar-refractivity contribution in [2.24, 2.45) is 0 Å². The van der Waals surface area contributed by atoms with Crippen molar-refractivity contribution in [1.82, 2.24) is 0 Å². The van der Waals surface area contributed by atoms with Crippen molar-refractivity contribution in [2.75, 3.05) is 0 Å². The molecule has 0 nitrogen and oxygen atoms in total. The summed E-state index contributed by atoms with van der Waals surface area (Å²) in [6.07, 6.45) is 30.6. The van der Waals surface area contributed by atoms with Crippen molar-refractivity contribution in [2.45, 2.75) is 151 Å². The minimum Gasteiger partial charge on any atom is -0.748 e. The summed E-state index contributed by atoms with van der Waals surface area (Å²) in [5.41, 5.74) is 4.23. The Morgan fingerprint density at radius 1 is 0.514 bits per heavy atom. The van der Waals surface area contributed by atoms with Crippen molar-refractivity contribution in [3.05, 3.63) is 48.5 Å². The van der Waals surface area contributed by atoms with Crippen LogP contribution in [0.1, 0.15) is 128 Å². The van der Waals surface area contributed by atoms with Gasteiger partial charge in [0.15, 0.2) is 0 Å². The van der Waals surface area contributed by atoms with E-state index in [0.717, 1.165) is 22.6 Å². The molecule has 0 aromatic heterocycles. The van der Waals surface area contributed by atoms with Gasteiger partial charge in [-0.2, -0.15) is 6.07 Å². The van der Waals surface area contributed by atoms with Crippen molar-refractivity contribution in [3.8, 4) is 0 Å². The van der Waals surface area contributed by atoms with E-state index in [1.807, 2.05) is 40.9 Å². The molecule has 4 saturated carbocycles. The molecular weight excluding hydrogens is 529 g/mol. The maximum absolute atomic E-state index is 2.69. The van der Waals surface area contributed by atoms with Gasteiger partial charge in [0.1, 0.15) is 0 Å². The molecule has 0 aliphatic heterocycles. The van der Waals surface area contributed by atoms with Gasteiger partial charge in [0, 0.05) is 16.8 Å². The number of hydrogen-bond acceptors (Lipinski definition) is 0. The molecule has 37 heavy (non-hydrogen) atoms. The fraction of sp³-hybridized carbons (Fsp3) is 0.706. The molecule has 3 heteroatoms. The molecule has 4 fully saturated rings. The van der Waals surface area contributed by atoms with Crippen molar-refractivity contribution < 1.29 is 16.8 Å². The van der Waals surface area contributed by atoms with Gasteiger partial charge in [0.2, 0.25) is 0 Å². The fourth-order valence-corrected chi connectivity index (χ4v) is 16.3. The molecule has 213 valence electrons. The smallest absolute Gasteiger partial charge is 0 e. The third-order valence-corrected chi connectivity index (χ3v) is 17.0. The third-order valence-electron chi connectivity index (χ3n) is 9.75. The van der Waals surface area contributed by atoms with E-state index in [-0.39, 0.29) is 32.6 Å². The summed E-state index contributed by atoms with van der Waals surface area (Å²) in [7, 11) is 0.132. The fourth-order valence-electron chi connectivity index (χ4n) is 7.98. The summed E-state index contributed by atoms with van der Waals surface area (Å²) < 4.78 is 0. The van der Waals surface area contributed by atoms with E-state index in [9.17, 15) is 0 Å². The summed E-state index contributed by atoms with van der Waals surface area (Å²) in [4.78, 5) is 0. The van der Waals surface area contributed by atoms with Crippen LogP contribution in [0.2, 0.25) is 0 Å². The van der Waals surface area contributed by atoms with Crippen LogP contribution >= 0.6 is 15.8 Å². The van der Waals surface area contributed by atoms with Gasteiger partial charge in [-0.3, -0.25) is 0 Å². The molecule has 0 heterocycles. The van der Waals surface area contributed by atoms with E-state index in [4.69, 9.17) is 0 Å². The van der Waals surface area contributed by atoms with Gasteiger partial charge >= 0.3 is 0 Å². The molecule has 0 unspecified atom stereocenters. The van der Waals surface area contributed by atoms with Crippen LogP contribution in [0.5, 0.6) is 0 Å². The first kappa shape index (κ1) is 30.0. The Morgan fingerprint density at radius 3 is 1.24 bits per heavy atom. The summed E-state index contributed by atoms with van der Waals surface area (Å²) in [6, 6.07) is 17.9. The predicted molar refractivity (Wildman–Crippen MR) is 165 cm³/mol. The molecule has 2 aromatic carbocycles. The van der Waals surface area contributed by atoms with E-state index >= 15 is 0 Å². The van der Waals surface area contributed by atoms with E-state index in [1.165, 1.54) is 77.0 Å². The Morgan fingerprint density at radius 2 is 0.865 bits per heavy atom. The minimum absolute atomic E-state index is 0. The van der Waals surface area contributed by atoms with Crippen LogP contribution in [0.25, 0.3) is 0 Å². The van der Waals surface area contributed by atoms with Gasteiger partial charge in [-0.1, -0.05) is 85.0 Å². The molecular formula is C34H52CoP2-6. The summed E-state index contributed by atoms with van der Waals surface area (Å²) >= 11 is 0. The quantitative estimate of drug-likeness (QED) is 0.235. The average molecular weight is 582 g/mol. The molecule has 0 N–H and O–H groups in total. The SMILES string of the molecule is [Co].[cH-]1[cH-][cH-][cH-][cH-]1.c1cc(P(C2CCCCC2)C2CCCCC2)[c-](P(C2CCCCC2)C2CCCCC2)c1. The maximum Gasteiger partial charge on any atom is 0 e. The summed E-state index contributed by atoms with van der Waals surface area (Å²) in [6.45, 7) is 0. The normalized spacial score (nSPS) is 23.0. The average Bonchev–Trinajstić information content (AvgIpc) is 3.68. The second-order valence-corrected chi connectivity index (χ2v) is 17.8. The van der Waals surface area contributed by atoms with Gasteiger partial charge in [-0.05, 0) is 74.0 Å². The topological polar surface area (TPSA) is 0 Å². The number of hydrogen-bond donors (Lipinski definition) is 0. The molecule has 0 bridgehead atoms. The second kappa shape index (κ2) is 16.4. The van der Waals surface area contributed by atoms with E-state index in [2.05, 4.69) is 18.2 Å². The number of rotatable bonds is 6. The van der Waals surface area contributed by atoms with Gasteiger partial charge in [0.05, 0.1) is 0 Å². The van der Waals surface area contributed by atoms with Crippen LogP contribution in [0, 0.1) is 0 Å². The standard InChI is InChI=1S/C29H47P2.C5H5.Co/c1-5-14-24(15-6-1)30(25-16-7-2-8-17-25)28-22-13-23-29(28)31(26-18-9-3-10-19-26)27-20-11-4-12-21-27;1-2-4-5-3-1;/h13,22-27H,1-12,14-21H2;1-5H;/q-1;-5;. The van der Waals surface area contributed by atoms with Crippen LogP contribution < -0.4 is 10.6 Å². The molecule has 2 aromatic rings. The Balaban J connectivity index is 0.000000479. The largest absolute Gasteiger partial charge is 0.748 e. The van der Waals surface area contributed by atoms with Crippen LogP contribution in [0.4, 0.5) is 0 Å². The van der Waals surface area contributed by atoms with Gasteiger partial charge < -0.3 is 30.3 Å². The Kier molecular flexibility index (Phi) is 13.3. The van der Waals surface area contributed by atoms with Crippen LogP contribution in [-0.2, 0) is 16.8 Å². The maximum atomic E-state index is 2.69. The predicted octanol–water partition coefficient (Wildman–Crippen LogP) is 10.4.